The zero-order chi connectivity index (χ0) is 9.41. The van der Waals surface area contributed by atoms with E-state index in [9.17, 15) is 0 Å². The molecule has 0 bridgehead atoms. The van der Waals surface area contributed by atoms with Crippen LogP contribution in [-0.2, 0) is 4.74 Å². The first kappa shape index (κ1) is 10.0. The highest BCUT2D eigenvalue weighted by molar-refractivity contribution is 4.86. The monoisotopic (exact) mass is 170 g/mol. The van der Waals surface area contributed by atoms with Crippen LogP contribution in [0.1, 0.15) is 53.9 Å². The molecular formula is C11H22O. The van der Waals surface area contributed by atoms with E-state index >= 15 is 0 Å². The SMILES string of the molecule is CC(C)(C)C(C)(C)OC1CCC1. The van der Waals surface area contributed by atoms with Crippen LogP contribution in [0.25, 0.3) is 0 Å². The van der Waals surface area contributed by atoms with Crippen LogP contribution < -0.4 is 0 Å². The summed E-state index contributed by atoms with van der Waals surface area (Å²) in [7, 11) is 0. The quantitative estimate of drug-likeness (QED) is 0.617. The lowest BCUT2D eigenvalue weighted by Crippen LogP contribution is -2.44. The van der Waals surface area contributed by atoms with E-state index in [1.54, 1.807) is 0 Å². The maximum absolute atomic E-state index is 6.04. The molecule has 0 atom stereocenters. The van der Waals surface area contributed by atoms with E-state index in [2.05, 4.69) is 34.6 Å². The van der Waals surface area contributed by atoms with Crippen molar-refractivity contribution in [3.8, 4) is 0 Å². The molecule has 0 aromatic heterocycles. The molecule has 0 aromatic carbocycles. The summed E-state index contributed by atoms with van der Waals surface area (Å²) in [5.41, 5.74) is 0.251. The largest absolute Gasteiger partial charge is 0.372 e. The van der Waals surface area contributed by atoms with Gasteiger partial charge in [-0.05, 0) is 38.5 Å². The first-order valence-electron chi connectivity index (χ1n) is 5.01. The molecule has 1 aliphatic rings. The van der Waals surface area contributed by atoms with E-state index in [-0.39, 0.29) is 11.0 Å². The number of rotatable bonds is 2. The van der Waals surface area contributed by atoms with Gasteiger partial charge in [-0.2, -0.15) is 0 Å². The van der Waals surface area contributed by atoms with Crippen LogP contribution in [0.15, 0.2) is 0 Å². The molecule has 1 fully saturated rings. The third-order valence-electron chi connectivity index (χ3n) is 3.32. The van der Waals surface area contributed by atoms with Crippen molar-refractivity contribution in [2.24, 2.45) is 5.41 Å². The van der Waals surface area contributed by atoms with Crippen molar-refractivity contribution < 1.29 is 4.74 Å². The second-order valence-corrected chi connectivity index (χ2v) is 5.43. The van der Waals surface area contributed by atoms with Gasteiger partial charge >= 0.3 is 0 Å². The van der Waals surface area contributed by atoms with Gasteiger partial charge in [-0.25, -0.2) is 0 Å². The Balaban J connectivity index is 2.46. The fourth-order valence-electron chi connectivity index (χ4n) is 1.08. The molecule has 1 heteroatoms. The van der Waals surface area contributed by atoms with Crippen molar-refractivity contribution in [3.05, 3.63) is 0 Å². The molecule has 0 saturated heterocycles. The minimum Gasteiger partial charge on any atom is -0.372 e. The van der Waals surface area contributed by atoms with Crippen molar-refractivity contribution >= 4 is 0 Å². The van der Waals surface area contributed by atoms with Crippen LogP contribution in [0.5, 0.6) is 0 Å². The van der Waals surface area contributed by atoms with Crippen LogP contribution in [0.3, 0.4) is 0 Å². The predicted molar refractivity (Wildman–Crippen MR) is 52.3 cm³/mol. The Morgan fingerprint density at radius 2 is 1.50 bits per heavy atom. The summed E-state index contributed by atoms with van der Waals surface area (Å²) in [6.07, 6.45) is 4.42. The summed E-state index contributed by atoms with van der Waals surface area (Å²) < 4.78 is 6.04. The summed E-state index contributed by atoms with van der Waals surface area (Å²) >= 11 is 0. The van der Waals surface area contributed by atoms with Crippen molar-refractivity contribution in [3.63, 3.8) is 0 Å². The molecule has 0 aromatic rings. The molecule has 0 radical (unpaired) electrons. The third-order valence-corrected chi connectivity index (χ3v) is 3.32. The minimum absolute atomic E-state index is 0.0120. The average molecular weight is 170 g/mol. The van der Waals surface area contributed by atoms with Gasteiger partial charge in [0, 0.05) is 0 Å². The van der Waals surface area contributed by atoms with Crippen LogP contribution in [0.4, 0.5) is 0 Å². The highest BCUT2D eigenvalue weighted by Crippen LogP contribution is 2.37. The topological polar surface area (TPSA) is 9.23 Å². The van der Waals surface area contributed by atoms with E-state index in [1.165, 1.54) is 19.3 Å². The number of hydrogen-bond acceptors (Lipinski definition) is 1. The van der Waals surface area contributed by atoms with Gasteiger partial charge in [-0.15, -0.1) is 0 Å². The van der Waals surface area contributed by atoms with Crippen LogP contribution in [0.2, 0.25) is 0 Å². The van der Waals surface area contributed by atoms with Gasteiger partial charge < -0.3 is 4.74 Å². The Morgan fingerprint density at radius 3 is 1.75 bits per heavy atom. The second-order valence-electron chi connectivity index (χ2n) is 5.43. The molecule has 72 valence electrons. The Hall–Kier alpha value is -0.0400. The lowest BCUT2D eigenvalue weighted by molar-refractivity contribution is -0.152. The van der Waals surface area contributed by atoms with Gasteiger partial charge in [-0.1, -0.05) is 20.8 Å². The lowest BCUT2D eigenvalue weighted by atomic mass is 9.78. The summed E-state index contributed by atoms with van der Waals surface area (Å²) in [4.78, 5) is 0. The maximum Gasteiger partial charge on any atom is 0.0678 e. The number of ether oxygens (including phenoxy) is 1. The Kier molecular flexibility index (Phi) is 2.53. The molecule has 1 aliphatic carbocycles. The molecule has 12 heavy (non-hydrogen) atoms. The van der Waals surface area contributed by atoms with Gasteiger partial charge in [0.05, 0.1) is 11.7 Å². The summed E-state index contributed by atoms with van der Waals surface area (Å²) in [6.45, 7) is 11.1. The Morgan fingerprint density at radius 1 is 1.00 bits per heavy atom. The van der Waals surface area contributed by atoms with Crippen LogP contribution in [-0.4, -0.2) is 11.7 Å². The first-order chi connectivity index (χ1) is 5.33. The maximum atomic E-state index is 6.04. The average Bonchev–Trinajstić information content (AvgIpc) is 1.76. The van der Waals surface area contributed by atoms with Crippen molar-refractivity contribution in [1.29, 1.82) is 0 Å². The highest BCUT2D eigenvalue weighted by atomic mass is 16.5. The zero-order valence-electron chi connectivity index (χ0n) is 9.11. The van der Waals surface area contributed by atoms with Crippen molar-refractivity contribution in [1.82, 2.24) is 0 Å². The Bertz CT molecular complexity index is 149. The fourth-order valence-corrected chi connectivity index (χ4v) is 1.08. The van der Waals surface area contributed by atoms with Gasteiger partial charge in [0.2, 0.25) is 0 Å². The highest BCUT2D eigenvalue weighted by Gasteiger charge is 2.37. The van der Waals surface area contributed by atoms with Crippen molar-refractivity contribution in [2.45, 2.75) is 65.6 Å². The predicted octanol–water partition coefficient (Wildman–Crippen LogP) is 3.38. The first-order valence-corrected chi connectivity index (χ1v) is 5.01. The van der Waals surface area contributed by atoms with Crippen LogP contribution >= 0.6 is 0 Å². The second kappa shape index (κ2) is 3.02. The molecule has 0 amide bonds. The molecule has 0 N–H and O–H groups in total. The van der Waals surface area contributed by atoms with E-state index < -0.39 is 0 Å². The smallest absolute Gasteiger partial charge is 0.0678 e. The zero-order valence-corrected chi connectivity index (χ0v) is 9.11. The van der Waals surface area contributed by atoms with E-state index in [1.807, 2.05) is 0 Å². The van der Waals surface area contributed by atoms with E-state index in [0.717, 1.165) is 0 Å². The molecule has 1 nitrogen and oxygen atoms in total. The molecule has 1 rings (SSSR count). The third kappa shape index (κ3) is 2.01. The minimum atomic E-state index is 0.0120. The summed E-state index contributed by atoms with van der Waals surface area (Å²) in [5, 5.41) is 0. The summed E-state index contributed by atoms with van der Waals surface area (Å²) in [5.74, 6) is 0. The summed E-state index contributed by atoms with van der Waals surface area (Å²) in [6, 6.07) is 0. The standard InChI is InChI=1S/C11H22O/c1-10(2,3)11(4,5)12-9-7-6-8-9/h9H,6-8H2,1-5H3. The van der Waals surface area contributed by atoms with Gasteiger partial charge in [0.1, 0.15) is 0 Å². The fraction of sp³-hybridized carbons (Fsp3) is 1.00. The molecule has 0 aliphatic heterocycles. The molecule has 0 unspecified atom stereocenters. The molecule has 1 saturated carbocycles. The molecular weight excluding hydrogens is 148 g/mol. The lowest BCUT2D eigenvalue weighted by Gasteiger charge is -2.43. The molecule has 0 heterocycles. The van der Waals surface area contributed by atoms with Gasteiger partial charge in [0.15, 0.2) is 0 Å². The van der Waals surface area contributed by atoms with Gasteiger partial charge in [0.25, 0.3) is 0 Å². The number of hydrogen-bond donors (Lipinski definition) is 0. The van der Waals surface area contributed by atoms with Crippen molar-refractivity contribution in [2.75, 3.05) is 0 Å². The Labute approximate surface area is 76.5 Å². The van der Waals surface area contributed by atoms with E-state index in [4.69, 9.17) is 4.74 Å². The van der Waals surface area contributed by atoms with Crippen LogP contribution in [0, 0.1) is 5.41 Å². The molecule has 0 spiro atoms. The normalized spacial score (nSPS) is 20.8. The van der Waals surface area contributed by atoms with E-state index in [0.29, 0.717) is 6.10 Å². The van der Waals surface area contributed by atoms with Gasteiger partial charge in [-0.3, -0.25) is 0 Å².